The molecule has 1 amide bonds. The molecule has 8 nitrogen and oxygen atoms in total. The fourth-order valence-corrected chi connectivity index (χ4v) is 2.99. The highest BCUT2D eigenvalue weighted by Gasteiger charge is 2.14. The molecule has 3 aromatic rings. The van der Waals surface area contributed by atoms with Crippen LogP contribution in [0.25, 0.3) is 5.69 Å². The van der Waals surface area contributed by atoms with Crippen LogP contribution in [0.1, 0.15) is 11.4 Å². The average Bonchev–Trinajstić information content (AvgIpc) is 3.15. The summed E-state index contributed by atoms with van der Waals surface area (Å²) in [6.45, 7) is 3.55. The van der Waals surface area contributed by atoms with Crippen molar-refractivity contribution in [2.45, 2.75) is 13.3 Å². The first kappa shape index (κ1) is 23.4. The first-order valence-electron chi connectivity index (χ1n) is 9.38. The van der Waals surface area contributed by atoms with Crippen LogP contribution in [0.5, 0.6) is 0 Å². The molecular formula is C20H25ClFN7O. The van der Waals surface area contributed by atoms with Crippen molar-refractivity contribution in [2.75, 3.05) is 31.5 Å². The molecule has 0 spiro atoms. The van der Waals surface area contributed by atoms with Gasteiger partial charge in [0, 0.05) is 19.6 Å². The molecule has 160 valence electrons. The van der Waals surface area contributed by atoms with Crippen LogP contribution < -0.4 is 11.1 Å². The summed E-state index contributed by atoms with van der Waals surface area (Å²) in [7, 11) is 0. The molecule has 0 bridgehead atoms. The Labute approximate surface area is 180 Å². The van der Waals surface area contributed by atoms with E-state index in [4.69, 9.17) is 5.73 Å². The molecule has 0 atom stereocenters. The summed E-state index contributed by atoms with van der Waals surface area (Å²) < 4.78 is 15.7. The molecule has 0 saturated carbocycles. The van der Waals surface area contributed by atoms with Crippen molar-refractivity contribution in [2.24, 2.45) is 5.73 Å². The number of aryl methyl sites for hydroxylation is 1. The first-order chi connectivity index (χ1) is 14.1. The van der Waals surface area contributed by atoms with E-state index in [1.165, 1.54) is 22.4 Å². The Hall–Kier alpha value is -2.88. The minimum atomic E-state index is -0.525. The van der Waals surface area contributed by atoms with E-state index < -0.39 is 5.82 Å². The molecule has 0 fully saturated rings. The van der Waals surface area contributed by atoms with Gasteiger partial charge in [-0.25, -0.2) is 4.39 Å². The Balaban J connectivity index is 0.00000320. The van der Waals surface area contributed by atoms with Crippen LogP contribution in [0, 0.1) is 12.7 Å². The lowest BCUT2D eigenvalue weighted by Gasteiger charge is -2.21. The van der Waals surface area contributed by atoms with Crippen LogP contribution in [-0.2, 0) is 11.2 Å². The molecule has 0 saturated heterocycles. The minimum Gasteiger partial charge on any atom is -0.329 e. The number of aromatic nitrogens is 4. The second-order valence-corrected chi connectivity index (χ2v) is 6.65. The number of tetrazole rings is 1. The predicted octanol–water partition coefficient (Wildman–Crippen LogP) is 1.97. The van der Waals surface area contributed by atoms with Gasteiger partial charge in [-0.2, -0.15) is 4.68 Å². The van der Waals surface area contributed by atoms with E-state index in [1.807, 2.05) is 35.2 Å². The molecule has 3 rings (SSSR count). The van der Waals surface area contributed by atoms with Crippen molar-refractivity contribution in [3.8, 4) is 5.69 Å². The van der Waals surface area contributed by atoms with Crippen LogP contribution in [0.15, 0.2) is 48.5 Å². The molecule has 30 heavy (non-hydrogen) atoms. The van der Waals surface area contributed by atoms with Gasteiger partial charge in [0.1, 0.15) is 5.82 Å². The fraction of sp³-hybridized carbons (Fsp3) is 0.300. The molecule has 0 radical (unpaired) electrons. The van der Waals surface area contributed by atoms with Crippen molar-refractivity contribution >= 4 is 24.0 Å². The first-order valence-corrected chi connectivity index (χ1v) is 9.38. The van der Waals surface area contributed by atoms with E-state index in [0.717, 1.165) is 6.42 Å². The van der Waals surface area contributed by atoms with Gasteiger partial charge < -0.3 is 11.1 Å². The van der Waals surface area contributed by atoms with Gasteiger partial charge in [0.25, 0.3) is 0 Å². The Morgan fingerprint density at radius 2 is 1.97 bits per heavy atom. The standard InChI is InChI=1S/C20H24FN7O.ClH/c1-15-24-25-26-28(15)17-7-8-18(21)19(13-17)23-20(29)14-27(12-10-22)11-9-16-5-3-2-4-6-16;/h2-8,13H,9-12,14,22H2,1H3,(H,23,29);1H. The lowest BCUT2D eigenvalue weighted by molar-refractivity contribution is -0.117. The van der Waals surface area contributed by atoms with Gasteiger partial charge in [-0.1, -0.05) is 30.3 Å². The normalized spacial score (nSPS) is 10.7. The Morgan fingerprint density at radius 1 is 1.20 bits per heavy atom. The lowest BCUT2D eigenvalue weighted by atomic mass is 10.1. The Morgan fingerprint density at radius 3 is 2.63 bits per heavy atom. The summed E-state index contributed by atoms with van der Waals surface area (Å²) in [5.74, 6) is -0.276. The molecule has 1 aromatic heterocycles. The van der Waals surface area contributed by atoms with Crippen LogP contribution in [0.3, 0.4) is 0 Å². The number of hydrogen-bond acceptors (Lipinski definition) is 6. The second-order valence-electron chi connectivity index (χ2n) is 6.65. The molecule has 0 aliphatic rings. The number of rotatable bonds is 9. The number of carbonyl (C=O) groups is 1. The van der Waals surface area contributed by atoms with E-state index in [0.29, 0.717) is 31.1 Å². The average molecular weight is 434 g/mol. The highest BCUT2D eigenvalue weighted by Crippen LogP contribution is 2.19. The third-order valence-corrected chi connectivity index (χ3v) is 4.47. The number of benzene rings is 2. The largest absolute Gasteiger partial charge is 0.329 e. The van der Waals surface area contributed by atoms with E-state index in [2.05, 4.69) is 20.8 Å². The maximum atomic E-state index is 14.2. The molecule has 1 heterocycles. The molecule has 0 aliphatic heterocycles. The summed E-state index contributed by atoms with van der Waals surface area (Å²) in [4.78, 5) is 14.5. The fourth-order valence-electron chi connectivity index (χ4n) is 2.99. The molecule has 0 aliphatic carbocycles. The lowest BCUT2D eigenvalue weighted by Crippen LogP contribution is -2.38. The van der Waals surface area contributed by atoms with Gasteiger partial charge in [0.05, 0.1) is 17.9 Å². The number of carbonyl (C=O) groups excluding carboxylic acids is 1. The van der Waals surface area contributed by atoms with Crippen LogP contribution in [-0.4, -0.2) is 57.2 Å². The van der Waals surface area contributed by atoms with E-state index >= 15 is 0 Å². The third kappa shape index (κ3) is 6.31. The summed E-state index contributed by atoms with van der Waals surface area (Å²) >= 11 is 0. The molecule has 3 N–H and O–H groups in total. The van der Waals surface area contributed by atoms with E-state index in [9.17, 15) is 9.18 Å². The van der Waals surface area contributed by atoms with Crippen molar-refractivity contribution in [1.29, 1.82) is 0 Å². The maximum Gasteiger partial charge on any atom is 0.238 e. The van der Waals surface area contributed by atoms with Crippen molar-refractivity contribution in [3.63, 3.8) is 0 Å². The van der Waals surface area contributed by atoms with Gasteiger partial charge in [0.15, 0.2) is 5.82 Å². The Bertz CT molecular complexity index is 951. The minimum absolute atomic E-state index is 0. The number of anilines is 1. The summed E-state index contributed by atoms with van der Waals surface area (Å²) in [6, 6.07) is 14.4. The zero-order valence-electron chi connectivity index (χ0n) is 16.7. The number of nitrogens with two attached hydrogens (primary N) is 1. The van der Waals surface area contributed by atoms with Gasteiger partial charge in [0.2, 0.25) is 5.91 Å². The van der Waals surface area contributed by atoms with Gasteiger partial charge >= 0.3 is 0 Å². The van der Waals surface area contributed by atoms with Crippen LogP contribution in [0.4, 0.5) is 10.1 Å². The second kappa shape index (κ2) is 11.3. The Kier molecular flexibility index (Phi) is 8.85. The molecular weight excluding hydrogens is 409 g/mol. The SMILES string of the molecule is Cc1nnnn1-c1ccc(F)c(NC(=O)CN(CCN)CCc2ccccc2)c1.Cl. The van der Waals surface area contributed by atoms with E-state index in [-0.39, 0.29) is 30.5 Å². The smallest absolute Gasteiger partial charge is 0.238 e. The summed E-state index contributed by atoms with van der Waals surface area (Å²) in [5.41, 5.74) is 7.51. The number of amides is 1. The topological polar surface area (TPSA) is 102 Å². The number of nitrogens with zero attached hydrogens (tertiary/aromatic N) is 5. The van der Waals surface area contributed by atoms with E-state index in [1.54, 1.807) is 13.0 Å². The van der Waals surface area contributed by atoms with Crippen molar-refractivity contribution in [1.82, 2.24) is 25.1 Å². The zero-order valence-corrected chi connectivity index (χ0v) is 17.5. The summed E-state index contributed by atoms with van der Waals surface area (Å²) in [5, 5.41) is 13.9. The number of halogens is 2. The quantitative estimate of drug-likeness (QED) is 0.535. The zero-order chi connectivity index (χ0) is 20.6. The van der Waals surface area contributed by atoms with Gasteiger partial charge in [-0.15, -0.1) is 17.5 Å². The number of hydrogen-bond donors (Lipinski definition) is 2. The van der Waals surface area contributed by atoms with Crippen LogP contribution in [0.2, 0.25) is 0 Å². The molecule has 2 aromatic carbocycles. The highest BCUT2D eigenvalue weighted by molar-refractivity contribution is 5.92. The van der Waals surface area contributed by atoms with Crippen molar-refractivity contribution < 1.29 is 9.18 Å². The molecule has 0 unspecified atom stereocenters. The van der Waals surface area contributed by atoms with Crippen LogP contribution >= 0.6 is 12.4 Å². The monoisotopic (exact) mass is 433 g/mol. The molecule has 10 heteroatoms. The summed E-state index contributed by atoms with van der Waals surface area (Å²) in [6.07, 6.45) is 0.802. The highest BCUT2D eigenvalue weighted by atomic mass is 35.5. The van der Waals surface area contributed by atoms with Gasteiger partial charge in [-0.05, 0) is 47.5 Å². The van der Waals surface area contributed by atoms with Gasteiger partial charge in [-0.3, -0.25) is 9.69 Å². The third-order valence-electron chi connectivity index (χ3n) is 4.47. The maximum absolute atomic E-state index is 14.2. The number of nitrogens with one attached hydrogen (secondary N) is 1. The van der Waals surface area contributed by atoms with Crippen molar-refractivity contribution in [3.05, 3.63) is 65.7 Å². The predicted molar refractivity (Wildman–Crippen MR) is 115 cm³/mol.